The number of rotatable bonds is 17. The smallest absolute Gasteiger partial charge is 0.308 e. The SMILES string of the molecule is CCCCCCCCCCCCCCCCC1(C)C=CC=C[N+]1(Br)[N+](=O)[O-].CCCO. The van der Waals surface area contributed by atoms with Gasteiger partial charge in [-0.2, -0.15) is 0 Å². The second-order valence-electron chi connectivity index (χ2n) is 8.97. The molecule has 6 heteroatoms. The minimum atomic E-state index is -0.518. The van der Waals surface area contributed by atoms with E-state index in [1.807, 2.05) is 26.0 Å². The topological polar surface area (TPSA) is 63.4 Å². The number of allylic oxidation sites excluding steroid dienone is 2. The van der Waals surface area contributed by atoms with Crippen LogP contribution in [0.15, 0.2) is 24.4 Å². The molecule has 2 unspecified atom stereocenters. The number of halogens is 1. The zero-order chi connectivity index (χ0) is 23.4. The van der Waals surface area contributed by atoms with Crippen LogP contribution in [0.1, 0.15) is 124 Å². The maximum atomic E-state index is 11.5. The van der Waals surface area contributed by atoms with Gasteiger partial charge in [-0.05, 0) is 25.0 Å². The van der Waals surface area contributed by atoms with Gasteiger partial charge in [0.05, 0.1) is 3.62 Å². The van der Waals surface area contributed by atoms with E-state index in [1.165, 1.54) is 77.0 Å². The second-order valence-corrected chi connectivity index (χ2v) is 10.0. The lowest BCUT2D eigenvalue weighted by atomic mass is 9.91. The molecule has 0 saturated carbocycles. The van der Waals surface area contributed by atoms with Gasteiger partial charge in [0.25, 0.3) is 5.03 Å². The lowest BCUT2D eigenvalue weighted by Crippen LogP contribution is -2.55. The molecule has 1 rings (SSSR count). The van der Waals surface area contributed by atoms with Gasteiger partial charge < -0.3 is 5.11 Å². The van der Waals surface area contributed by atoms with Crippen LogP contribution in [-0.2, 0) is 0 Å². The van der Waals surface area contributed by atoms with Crippen molar-refractivity contribution in [1.29, 1.82) is 0 Å². The van der Waals surface area contributed by atoms with Crippen molar-refractivity contribution in [1.82, 2.24) is 0 Å². The normalized spacial score (nSPS) is 22.2. The van der Waals surface area contributed by atoms with Gasteiger partial charge in [-0.25, -0.2) is 10.1 Å². The maximum Gasteiger partial charge on any atom is 0.308 e. The van der Waals surface area contributed by atoms with Gasteiger partial charge in [0, 0.05) is 20.0 Å². The maximum absolute atomic E-state index is 11.5. The molecule has 1 heterocycles. The minimum absolute atomic E-state index is 0.260. The van der Waals surface area contributed by atoms with E-state index in [-0.39, 0.29) is 5.03 Å². The number of hydrogen-bond acceptors (Lipinski definition) is 3. The fourth-order valence-electron chi connectivity index (χ4n) is 3.86. The van der Waals surface area contributed by atoms with E-state index in [0.717, 1.165) is 25.7 Å². The lowest BCUT2D eigenvalue weighted by molar-refractivity contribution is -1.23. The molecule has 0 saturated heterocycles. The van der Waals surface area contributed by atoms with Crippen LogP contribution in [0.5, 0.6) is 0 Å². The molecule has 0 aliphatic carbocycles. The Morgan fingerprint density at radius 3 is 1.65 bits per heavy atom. The first-order valence-electron chi connectivity index (χ1n) is 12.6. The van der Waals surface area contributed by atoms with Crippen LogP contribution in [0.2, 0.25) is 0 Å². The molecule has 0 aromatic rings. The molecule has 182 valence electrons. The Morgan fingerprint density at radius 1 is 0.839 bits per heavy atom. The average molecular weight is 505 g/mol. The van der Waals surface area contributed by atoms with E-state index < -0.39 is 9.16 Å². The first kappa shape index (κ1) is 30.3. The predicted octanol–water partition coefficient (Wildman–Crippen LogP) is 8.41. The summed E-state index contributed by atoms with van der Waals surface area (Å²) in [6.45, 7) is 6.48. The van der Waals surface area contributed by atoms with Crippen molar-refractivity contribution in [3.05, 3.63) is 34.5 Å². The quantitative estimate of drug-likeness (QED) is 0.0936. The fourth-order valence-corrected chi connectivity index (χ4v) is 4.29. The van der Waals surface area contributed by atoms with Crippen molar-refractivity contribution in [2.75, 3.05) is 6.61 Å². The molecule has 31 heavy (non-hydrogen) atoms. The summed E-state index contributed by atoms with van der Waals surface area (Å²) in [6, 6.07) is 0. The highest BCUT2D eigenvalue weighted by Crippen LogP contribution is 2.39. The second kappa shape index (κ2) is 18.8. The van der Waals surface area contributed by atoms with Gasteiger partial charge in [-0.1, -0.05) is 103 Å². The third-order valence-electron chi connectivity index (χ3n) is 6.06. The molecular weight excluding hydrogens is 456 g/mol. The highest BCUT2D eigenvalue weighted by molar-refractivity contribution is 9.05. The number of nitrogens with zero attached hydrogens (tertiary/aromatic N) is 2. The third kappa shape index (κ3) is 12.8. The van der Waals surface area contributed by atoms with Crippen LogP contribution in [0, 0.1) is 10.1 Å². The van der Waals surface area contributed by atoms with Gasteiger partial charge >= 0.3 is 16.1 Å². The predicted molar refractivity (Wildman–Crippen MR) is 135 cm³/mol. The Morgan fingerprint density at radius 2 is 1.26 bits per heavy atom. The van der Waals surface area contributed by atoms with Crippen LogP contribution in [0.4, 0.5) is 0 Å². The monoisotopic (exact) mass is 503 g/mol. The van der Waals surface area contributed by atoms with Crippen molar-refractivity contribution >= 4 is 16.1 Å². The highest BCUT2D eigenvalue weighted by atomic mass is 79.9. The van der Waals surface area contributed by atoms with E-state index in [0.29, 0.717) is 6.61 Å². The molecular formula is C25H48BrN2O3+. The average Bonchev–Trinajstić information content (AvgIpc) is 2.76. The summed E-state index contributed by atoms with van der Waals surface area (Å²) in [7, 11) is 0. The number of nitro groups is 1. The Labute approximate surface area is 200 Å². The van der Waals surface area contributed by atoms with Gasteiger partial charge in [-0.15, -0.1) is 0 Å². The molecule has 0 radical (unpaired) electrons. The largest absolute Gasteiger partial charge is 0.396 e. The molecule has 1 aliphatic rings. The number of quaternary nitrogens is 1. The van der Waals surface area contributed by atoms with Gasteiger partial charge in [0.1, 0.15) is 0 Å². The summed E-state index contributed by atoms with van der Waals surface area (Å²) in [5.74, 6) is 0. The third-order valence-corrected chi connectivity index (χ3v) is 7.37. The van der Waals surface area contributed by atoms with Crippen molar-refractivity contribution in [3.8, 4) is 0 Å². The zero-order valence-electron chi connectivity index (χ0n) is 20.4. The number of aliphatic hydroxyl groups is 1. The summed E-state index contributed by atoms with van der Waals surface area (Å²) >= 11 is 3.32. The van der Waals surface area contributed by atoms with Crippen LogP contribution < -0.4 is 0 Å². The zero-order valence-corrected chi connectivity index (χ0v) is 22.0. The lowest BCUT2D eigenvalue weighted by Gasteiger charge is -2.33. The first-order valence-corrected chi connectivity index (χ1v) is 13.3. The van der Waals surface area contributed by atoms with Crippen LogP contribution in [-0.4, -0.2) is 25.9 Å². The summed E-state index contributed by atoms with van der Waals surface area (Å²) in [6.07, 6.45) is 27.5. The Bertz CT molecular complexity index is 511. The number of hydrogen-bond donors (Lipinski definition) is 1. The summed E-state index contributed by atoms with van der Waals surface area (Å²) in [4.78, 5) is 11.5. The fraction of sp³-hybridized carbons (Fsp3) is 0.840. The van der Waals surface area contributed by atoms with Gasteiger partial charge in [0.15, 0.2) is 11.7 Å². The standard InChI is InChI=1S/C22H40BrN2O2.C3H8O/c1-3-4-5-6-7-8-9-10-11-12-13-14-15-16-19-22(2)20-17-18-21-25(22,23)24(26)27;1-2-3-4/h17-18,20-21H,3-16,19H2,1-2H3;4H,2-3H2,1H3/q+1;. The molecule has 5 nitrogen and oxygen atoms in total. The number of aliphatic hydroxyl groups excluding tert-OH is 1. The molecule has 0 amide bonds. The molecule has 0 spiro atoms. The summed E-state index contributed by atoms with van der Waals surface area (Å²) in [5.41, 5.74) is -0.518. The van der Waals surface area contributed by atoms with Crippen molar-refractivity contribution in [2.45, 2.75) is 129 Å². The van der Waals surface area contributed by atoms with E-state index in [4.69, 9.17) is 5.11 Å². The molecule has 1 N–H and O–H groups in total. The van der Waals surface area contributed by atoms with E-state index in [9.17, 15) is 10.1 Å². The van der Waals surface area contributed by atoms with Gasteiger partial charge in [0.2, 0.25) is 0 Å². The van der Waals surface area contributed by atoms with Crippen molar-refractivity contribution < 1.29 is 13.8 Å². The molecule has 0 aromatic heterocycles. The molecule has 0 aromatic carbocycles. The van der Waals surface area contributed by atoms with E-state index in [2.05, 4.69) is 23.1 Å². The van der Waals surface area contributed by atoms with Crippen LogP contribution >= 0.6 is 16.1 Å². The Kier molecular flexibility index (Phi) is 18.4. The molecule has 0 fully saturated rings. The van der Waals surface area contributed by atoms with Crippen molar-refractivity contribution in [3.63, 3.8) is 0 Å². The Balaban J connectivity index is 0.00000206. The van der Waals surface area contributed by atoms with Crippen molar-refractivity contribution in [2.24, 2.45) is 0 Å². The van der Waals surface area contributed by atoms with Gasteiger partial charge in [-0.3, -0.25) is 0 Å². The highest BCUT2D eigenvalue weighted by Gasteiger charge is 2.55. The summed E-state index contributed by atoms with van der Waals surface area (Å²) < 4.78 is -0.422. The minimum Gasteiger partial charge on any atom is -0.396 e. The summed E-state index contributed by atoms with van der Waals surface area (Å²) in [5, 5.41) is 19.1. The number of unbranched alkanes of at least 4 members (excludes halogenated alkanes) is 13. The molecule has 1 aliphatic heterocycles. The van der Waals surface area contributed by atoms with E-state index >= 15 is 0 Å². The van der Waals surface area contributed by atoms with E-state index in [1.54, 1.807) is 12.3 Å². The molecule has 2 atom stereocenters. The Hall–Kier alpha value is -0.720. The first-order chi connectivity index (χ1) is 14.9. The molecule has 0 bridgehead atoms. The van der Waals surface area contributed by atoms with Crippen LogP contribution in [0.25, 0.3) is 0 Å². The van der Waals surface area contributed by atoms with Crippen LogP contribution in [0.3, 0.4) is 0 Å².